The minimum Gasteiger partial charge on any atom is -0.366 e. The number of amides is 2. The van der Waals surface area contributed by atoms with E-state index in [0.717, 1.165) is 13.1 Å². The number of fused-ring (bicyclic) bond motifs is 3. The molecule has 3 N–H and O–H groups in total. The molecule has 0 saturated carbocycles. The summed E-state index contributed by atoms with van der Waals surface area (Å²) in [4.78, 5) is 33.2. The number of carbonyl (C=O) groups excluding carboxylic acids is 2. The van der Waals surface area contributed by atoms with Gasteiger partial charge in [0.15, 0.2) is 0 Å². The van der Waals surface area contributed by atoms with Gasteiger partial charge in [0.05, 0.1) is 28.3 Å². The van der Waals surface area contributed by atoms with Crippen molar-refractivity contribution in [2.45, 2.75) is 19.8 Å². The van der Waals surface area contributed by atoms with Crippen molar-refractivity contribution < 1.29 is 26.4 Å². The minimum atomic E-state index is -4.34. The summed E-state index contributed by atoms with van der Waals surface area (Å²) in [5.74, 6) is -1.59. The van der Waals surface area contributed by atoms with Crippen molar-refractivity contribution in [1.82, 2.24) is 14.8 Å². The zero-order valence-electron chi connectivity index (χ0n) is 26.1. The average Bonchev–Trinajstić information content (AvgIpc) is 3.42. The van der Waals surface area contributed by atoms with Gasteiger partial charge >= 0.3 is 0 Å². The Morgan fingerprint density at radius 3 is 2.13 bits per heavy atom. The van der Waals surface area contributed by atoms with Crippen LogP contribution < -0.4 is 9.44 Å². The SMILES string of the molecule is Cc1c(-c2ccc(C(N)=O)c3[nH]c4cc(C(=O)N5CCN(C)CC5)ccc4c23)cccc1N(S(=O)(=O)CCCCl)S(=O)(=O)CCCCl. The lowest BCUT2D eigenvalue weighted by molar-refractivity contribution is 0.0664. The van der Waals surface area contributed by atoms with Crippen molar-refractivity contribution in [2.24, 2.45) is 5.73 Å². The smallest absolute Gasteiger partial charge is 0.254 e. The number of H-pyrrole nitrogens is 1. The highest BCUT2D eigenvalue weighted by molar-refractivity contribution is 8.10. The molecular formula is C32H37Cl2N5O6S2. The predicted molar refractivity (Wildman–Crippen MR) is 189 cm³/mol. The van der Waals surface area contributed by atoms with E-state index in [1.165, 1.54) is 6.07 Å². The van der Waals surface area contributed by atoms with E-state index in [1.807, 2.05) is 18.0 Å². The average molecular weight is 723 g/mol. The second-order valence-electron chi connectivity index (χ2n) is 11.6. The molecule has 4 aromatic rings. The molecular weight excluding hydrogens is 685 g/mol. The number of piperazine rings is 1. The summed E-state index contributed by atoms with van der Waals surface area (Å²) in [5.41, 5.74) is 9.08. The lowest BCUT2D eigenvalue weighted by Crippen LogP contribution is -2.47. The molecule has 15 heteroatoms. The zero-order chi connectivity index (χ0) is 34.1. The highest BCUT2D eigenvalue weighted by Crippen LogP contribution is 2.41. The van der Waals surface area contributed by atoms with E-state index >= 15 is 0 Å². The first-order valence-corrected chi connectivity index (χ1v) is 19.4. The highest BCUT2D eigenvalue weighted by atomic mass is 35.5. The van der Waals surface area contributed by atoms with Gasteiger partial charge < -0.3 is 20.5 Å². The van der Waals surface area contributed by atoms with Crippen molar-refractivity contribution >= 4 is 82.6 Å². The number of aromatic amines is 1. The van der Waals surface area contributed by atoms with Crippen LogP contribution in [-0.4, -0.2) is 99.9 Å². The number of likely N-dealkylation sites (N-methyl/N-ethyl adjacent to an activating group) is 1. The summed E-state index contributed by atoms with van der Waals surface area (Å²) in [6.07, 6.45) is 0.127. The topological polar surface area (TPSA) is 154 Å². The Hall–Kier alpha value is -3.36. The van der Waals surface area contributed by atoms with Crippen LogP contribution in [0, 0.1) is 6.92 Å². The first kappa shape index (κ1) is 35.0. The lowest BCUT2D eigenvalue weighted by Gasteiger charge is -2.32. The number of rotatable bonds is 12. The number of carbonyl (C=O) groups is 2. The van der Waals surface area contributed by atoms with Crippen LogP contribution in [-0.2, 0) is 20.0 Å². The summed E-state index contributed by atoms with van der Waals surface area (Å²) in [7, 11) is -6.67. The van der Waals surface area contributed by atoms with Gasteiger partial charge in [0.1, 0.15) is 0 Å². The third kappa shape index (κ3) is 6.95. The molecule has 47 heavy (non-hydrogen) atoms. The van der Waals surface area contributed by atoms with Crippen molar-refractivity contribution in [2.75, 3.05) is 60.2 Å². The molecule has 0 spiro atoms. The molecule has 0 radical (unpaired) electrons. The lowest BCUT2D eigenvalue weighted by atomic mass is 9.93. The molecule has 11 nitrogen and oxygen atoms in total. The standard InChI is InChI=1S/C32H37Cl2N5O6S2/c1-21-23(6-3-7-28(21)39(46(42,43)18-4-12-33)47(44,45)19-5-13-34)24-10-11-26(31(35)40)30-29(24)25-9-8-22(20-27(25)36-30)32(41)38-16-14-37(2)15-17-38/h3,6-11,20,36H,4-5,12-19H2,1-2H3,(H2,35,40). The van der Waals surface area contributed by atoms with E-state index in [4.69, 9.17) is 28.9 Å². The molecule has 1 fully saturated rings. The maximum Gasteiger partial charge on any atom is 0.254 e. The second kappa shape index (κ2) is 14.0. The quantitative estimate of drug-likeness (QED) is 0.204. The maximum absolute atomic E-state index is 13.5. The third-order valence-electron chi connectivity index (χ3n) is 8.43. The second-order valence-corrected chi connectivity index (χ2v) is 16.5. The summed E-state index contributed by atoms with van der Waals surface area (Å²) < 4.78 is 54.7. The first-order valence-electron chi connectivity index (χ1n) is 15.1. The van der Waals surface area contributed by atoms with Crippen molar-refractivity contribution in [3.8, 4) is 11.1 Å². The monoisotopic (exact) mass is 721 g/mol. The summed E-state index contributed by atoms with van der Waals surface area (Å²) >= 11 is 11.6. The van der Waals surface area contributed by atoms with Crippen LogP contribution in [0.3, 0.4) is 0 Å². The number of primary amides is 1. The van der Waals surface area contributed by atoms with Crippen LogP contribution >= 0.6 is 23.2 Å². The third-order valence-corrected chi connectivity index (χ3v) is 13.3. The van der Waals surface area contributed by atoms with Crippen molar-refractivity contribution in [1.29, 1.82) is 0 Å². The van der Waals surface area contributed by atoms with Crippen LogP contribution in [0.5, 0.6) is 0 Å². The number of halogens is 2. The van der Waals surface area contributed by atoms with Crippen molar-refractivity contribution in [3.63, 3.8) is 0 Å². The molecule has 252 valence electrons. The number of nitrogens with two attached hydrogens (primary N) is 1. The van der Waals surface area contributed by atoms with Gasteiger partial charge in [-0.25, -0.2) is 16.8 Å². The van der Waals surface area contributed by atoms with Gasteiger partial charge in [-0.05, 0) is 67.8 Å². The molecule has 1 aromatic heterocycles. The predicted octanol–water partition coefficient (Wildman–Crippen LogP) is 4.51. The molecule has 5 rings (SSSR count). The number of nitrogens with zero attached hydrogens (tertiary/aromatic N) is 3. The van der Waals surface area contributed by atoms with Gasteiger partial charge in [-0.2, -0.15) is 3.71 Å². The largest absolute Gasteiger partial charge is 0.366 e. The van der Waals surface area contributed by atoms with E-state index < -0.39 is 37.5 Å². The number of hydrogen-bond acceptors (Lipinski definition) is 7. The number of hydrogen-bond donors (Lipinski definition) is 2. The normalized spacial score (nSPS) is 14.6. The first-order chi connectivity index (χ1) is 22.3. The van der Waals surface area contributed by atoms with Gasteiger partial charge in [-0.1, -0.05) is 24.3 Å². The Morgan fingerprint density at radius 2 is 1.53 bits per heavy atom. The molecule has 0 atom stereocenters. The minimum absolute atomic E-state index is 0.0151. The van der Waals surface area contributed by atoms with Crippen LogP contribution in [0.4, 0.5) is 5.69 Å². The van der Waals surface area contributed by atoms with Gasteiger partial charge in [0.2, 0.25) is 20.0 Å². The number of anilines is 1. The fraction of sp³-hybridized carbons (Fsp3) is 0.375. The number of alkyl halides is 2. The maximum atomic E-state index is 13.5. The van der Waals surface area contributed by atoms with Crippen LogP contribution in [0.25, 0.3) is 32.9 Å². The number of benzene rings is 3. The molecule has 0 bridgehead atoms. The van der Waals surface area contributed by atoms with E-state index in [1.54, 1.807) is 43.3 Å². The van der Waals surface area contributed by atoms with Gasteiger partial charge in [0, 0.05) is 59.8 Å². The van der Waals surface area contributed by atoms with Crippen LogP contribution in [0.2, 0.25) is 0 Å². The summed E-state index contributed by atoms with van der Waals surface area (Å²) in [6.45, 7) is 4.45. The molecule has 0 aliphatic carbocycles. The van der Waals surface area contributed by atoms with Gasteiger partial charge in [0.25, 0.3) is 11.8 Å². The molecule has 2 heterocycles. The highest BCUT2D eigenvalue weighted by Gasteiger charge is 2.35. The molecule has 1 aliphatic heterocycles. The zero-order valence-corrected chi connectivity index (χ0v) is 29.3. The molecule has 1 saturated heterocycles. The van der Waals surface area contributed by atoms with Gasteiger partial charge in [-0.15, -0.1) is 23.2 Å². The van der Waals surface area contributed by atoms with E-state index in [0.29, 0.717) is 60.9 Å². The van der Waals surface area contributed by atoms with E-state index in [-0.39, 0.29) is 41.8 Å². The fourth-order valence-electron chi connectivity index (χ4n) is 5.99. The molecule has 2 amide bonds. The Balaban J connectivity index is 1.69. The van der Waals surface area contributed by atoms with E-state index in [9.17, 15) is 26.4 Å². The number of sulfonamides is 2. The van der Waals surface area contributed by atoms with Crippen LogP contribution in [0.1, 0.15) is 39.1 Å². The van der Waals surface area contributed by atoms with Crippen molar-refractivity contribution in [3.05, 3.63) is 65.2 Å². The fourth-order valence-corrected chi connectivity index (χ4v) is 10.8. The summed E-state index contributed by atoms with van der Waals surface area (Å²) in [6, 6.07) is 13.4. The Labute approximate surface area is 284 Å². The Kier molecular flexibility index (Phi) is 10.4. The Morgan fingerprint density at radius 1 is 0.894 bits per heavy atom. The van der Waals surface area contributed by atoms with Gasteiger partial charge in [-0.3, -0.25) is 9.59 Å². The number of aromatic nitrogens is 1. The summed E-state index contributed by atoms with van der Waals surface area (Å²) in [5, 5.41) is 1.33. The molecule has 0 unspecified atom stereocenters. The molecule has 1 aliphatic rings. The number of nitrogens with one attached hydrogen (secondary N) is 1. The van der Waals surface area contributed by atoms with E-state index in [2.05, 4.69) is 9.88 Å². The van der Waals surface area contributed by atoms with Crippen LogP contribution in [0.15, 0.2) is 48.5 Å². The Bertz CT molecular complexity index is 2020. The molecule has 3 aromatic carbocycles.